The van der Waals surface area contributed by atoms with Crippen molar-refractivity contribution >= 4 is 17.0 Å². The second kappa shape index (κ2) is 8.81. The Morgan fingerprint density at radius 3 is 2.31 bits per heavy atom. The summed E-state index contributed by atoms with van der Waals surface area (Å²) in [7, 11) is 2.11. The normalized spacial score (nSPS) is 12.7. The van der Waals surface area contributed by atoms with Crippen molar-refractivity contribution in [3.8, 4) is 5.82 Å². The number of para-hydroxylation sites is 2. The number of aryl methyl sites for hydroxylation is 3. The molecular formula is C21H28N8. The molecule has 0 atom stereocenters. The molecule has 1 aliphatic rings. The highest BCUT2D eigenvalue weighted by atomic mass is 15.4. The first-order chi connectivity index (χ1) is 14.0. The predicted octanol–water partition coefficient (Wildman–Crippen LogP) is 3.73. The van der Waals surface area contributed by atoms with Crippen molar-refractivity contribution < 1.29 is 0 Å². The van der Waals surface area contributed by atoms with Gasteiger partial charge in [0.25, 0.3) is 0 Å². The second-order valence-electron chi connectivity index (χ2n) is 6.68. The summed E-state index contributed by atoms with van der Waals surface area (Å²) in [6.45, 7) is 7.69. The Balaban J connectivity index is 0.000000153. The Morgan fingerprint density at radius 2 is 1.72 bits per heavy atom. The quantitative estimate of drug-likeness (QED) is 0.558. The van der Waals surface area contributed by atoms with Crippen molar-refractivity contribution in [3.05, 3.63) is 54.0 Å². The fourth-order valence-electron chi connectivity index (χ4n) is 3.09. The number of hydrogen-bond donors (Lipinski definition) is 1. The molecular weight excluding hydrogens is 364 g/mol. The molecule has 3 aromatic heterocycles. The summed E-state index contributed by atoms with van der Waals surface area (Å²) in [5.41, 5.74) is 7.85. The summed E-state index contributed by atoms with van der Waals surface area (Å²) in [4.78, 5) is 16.7. The Labute approximate surface area is 170 Å². The van der Waals surface area contributed by atoms with Crippen LogP contribution in [0, 0.1) is 13.8 Å². The average molecular weight is 393 g/mol. The zero-order valence-electron chi connectivity index (χ0n) is 17.7. The third-order valence-corrected chi connectivity index (χ3v) is 4.52. The van der Waals surface area contributed by atoms with E-state index in [1.54, 1.807) is 16.9 Å². The summed E-state index contributed by atoms with van der Waals surface area (Å²) >= 11 is 0. The number of rotatable bonds is 2. The molecule has 0 aliphatic heterocycles. The number of imidazole rings is 1. The van der Waals surface area contributed by atoms with Gasteiger partial charge in [-0.15, -0.1) is 5.10 Å². The fourth-order valence-corrected chi connectivity index (χ4v) is 3.09. The Kier molecular flexibility index (Phi) is 6.21. The SMILES string of the molecule is CC.Cc1nc(C)n(-c2ccnc(N)n2)n1.Cn1c(C2CC2)nc2ccccc21. The van der Waals surface area contributed by atoms with Crippen LogP contribution in [0.4, 0.5) is 5.95 Å². The first kappa shape index (κ1) is 20.4. The second-order valence-corrected chi connectivity index (χ2v) is 6.68. The molecule has 1 aromatic carbocycles. The molecule has 2 N–H and O–H groups in total. The topological polar surface area (TPSA) is 100 Å². The third-order valence-electron chi connectivity index (χ3n) is 4.52. The van der Waals surface area contributed by atoms with Gasteiger partial charge < -0.3 is 10.3 Å². The lowest BCUT2D eigenvalue weighted by Crippen LogP contribution is -2.05. The molecule has 8 heteroatoms. The minimum atomic E-state index is 0.232. The lowest BCUT2D eigenvalue weighted by Gasteiger charge is -2.00. The molecule has 0 bridgehead atoms. The Morgan fingerprint density at radius 1 is 1.00 bits per heavy atom. The molecule has 0 spiro atoms. The zero-order valence-corrected chi connectivity index (χ0v) is 17.7. The van der Waals surface area contributed by atoms with Crippen LogP contribution in [-0.2, 0) is 7.05 Å². The molecule has 3 heterocycles. The van der Waals surface area contributed by atoms with Crippen molar-refractivity contribution in [1.29, 1.82) is 0 Å². The standard InChI is InChI=1S/C11H12N2.C8H10N6.C2H6/c1-13-10-5-3-2-4-9(10)12-11(13)8-6-7-8;1-5-11-6(2)14(13-5)7-3-4-10-8(9)12-7;1-2/h2-5,8H,6-7H2,1H3;3-4H,1-2H3,(H2,9,10,12);1-2H3. The molecule has 8 nitrogen and oxygen atoms in total. The zero-order chi connectivity index (χ0) is 21.0. The van der Waals surface area contributed by atoms with Gasteiger partial charge in [-0.1, -0.05) is 26.0 Å². The maximum atomic E-state index is 5.47. The lowest BCUT2D eigenvalue weighted by molar-refractivity contribution is 0.800. The maximum Gasteiger partial charge on any atom is 0.222 e. The number of hydrogen-bond acceptors (Lipinski definition) is 6. The van der Waals surface area contributed by atoms with Crippen LogP contribution in [-0.4, -0.2) is 34.3 Å². The van der Waals surface area contributed by atoms with E-state index >= 15 is 0 Å². The van der Waals surface area contributed by atoms with Crippen molar-refractivity contribution in [2.45, 2.75) is 46.5 Å². The Bertz CT molecular complexity index is 1090. The number of anilines is 1. The van der Waals surface area contributed by atoms with Crippen molar-refractivity contribution in [2.75, 3.05) is 5.73 Å². The van der Waals surface area contributed by atoms with Crippen molar-refractivity contribution in [3.63, 3.8) is 0 Å². The van der Waals surface area contributed by atoms with E-state index in [9.17, 15) is 0 Å². The van der Waals surface area contributed by atoms with Gasteiger partial charge in [-0.3, -0.25) is 0 Å². The van der Waals surface area contributed by atoms with E-state index in [1.807, 2.05) is 33.8 Å². The Hall–Kier alpha value is -3.29. The number of nitrogen functional groups attached to an aromatic ring is 1. The molecule has 0 unspecified atom stereocenters. The van der Waals surface area contributed by atoms with Gasteiger partial charge in [0, 0.05) is 25.2 Å². The van der Waals surface area contributed by atoms with E-state index in [0.717, 1.165) is 17.3 Å². The van der Waals surface area contributed by atoms with Gasteiger partial charge in [0.2, 0.25) is 5.95 Å². The van der Waals surface area contributed by atoms with Crippen LogP contribution in [0.25, 0.3) is 16.9 Å². The molecule has 0 amide bonds. The van der Waals surface area contributed by atoms with E-state index in [0.29, 0.717) is 11.6 Å². The number of nitrogens with zero attached hydrogens (tertiary/aromatic N) is 7. The van der Waals surface area contributed by atoms with Crippen LogP contribution in [0.15, 0.2) is 36.5 Å². The van der Waals surface area contributed by atoms with Gasteiger partial charge in [0.1, 0.15) is 17.5 Å². The van der Waals surface area contributed by atoms with Gasteiger partial charge in [-0.25, -0.2) is 15.0 Å². The fraction of sp³-hybridized carbons (Fsp3) is 0.381. The minimum Gasteiger partial charge on any atom is -0.368 e. The van der Waals surface area contributed by atoms with E-state index in [4.69, 9.17) is 5.73 Å². The predicted molar refractivity (Wildman–Crippen MR) is 115 cm³/mol. The molecule has 0 saturated heterocycles. The molecule has 1 aliphatic carbocycles. The van der Waals surface area contributed by atoms with E-state index in [-0.39, 0.29) is 5.95 Å². The summed E-state index contributed by atoms with van der Waals surface area (Å²) < 4.78 is 3.86. The molecule has 29 heavy (non-hydrogen) atoms. The third kappa shape index (κ3) is 4.59. The number of fused-ring (bicyclic) bond motifs is 1. The van der Waals surface area contributed by atoms with Gasteiger partial charge in [-0.05, 0) is 38.8 Å². The van der Waals surface area contributed by atoms with Gasteiger partial charge in [0.15, 0.2) is 5.82 Å². The summed E-state index contributed by atoms with van der Waals surface area (Å²) in [6.07, 6.45) is 4.22. The highest BCUT2D eigenvalue weighted by Crippen LogP contribution is 2.40. The van der Waals surface area contributed by atoms with Gasteiger partial charge in [0.05, 0.1) is 11.0 Å². The summed E-state index contributed by atoms with van der Waals surface area (Å²) in [5, 5.41) is 4.18. The van der Waals surface area contributed by atoms with Crippen LogP contribution in [0.1, 0.15) is 50.1 Å². The van der Waals surface area contributed by atoms with Crippen LogP contribution in [0.2, 0.25) is 0 Å². The summed E-state index contributed by atoms with van der Waals surface area (Å²) in [6, 6.07) is 10.1. The monoisotopic (exact) mass is 392 g/mol. The minimum absolute atomic E-state index is 0.232. The average Bonchev–Trinajstić information content (AvgIpc) is 3.44. The largest absolute Gasteiger partial charge is 0.368 e. The van der Waals surface area contributed by atoms with Crippen LogP contribution in [0.5, 0.6) is 0 Å². The summed E-state index contributed by atoms with van der Waals surface area (Å²) in [5.74, 6) is 4.35. The number of nitrogens with two attached hydrogens (primary N) is 1. The molecule has 1 fully saturated rings. The maximum absolute atomic E-state index is 5.47. The molecule has 0 radical (unpaired) electrons. The number of benzene rings is 1. The number of aromatic nitrogens is 7. The van der Waals surface area contributed by atoms with Gasteiger partial charge >= 0.3 is 0 Å². The molecule has 152 valence electrons. The van der Waals surface area contributed by atoms with E-state index in [2.05, 4.69) is 54.8 Å². The van der Waals surface area contributed by atoms with Gasteiger partial charge in [-0.2, -0.15) is 9.67 Å². The highest BCUT2D eigenvalue weighted by molar-refractivity contribution is 5.76. The smallest absolute Gasteiger partial charge is 0.222 e. The van der Waals surface area contributed by atoms with Crippen molar-refractivity contribution in [1.82, 2.24) is 34.3 Å². The lowest BCUT2D eigenvalue weighted by atomic mass is 10.3. The van der Waals surface area contributed by atoms with Crippen LogP contribution in [0.3, 0.4) is 0 Å². The van der Waals surface area contributed by atoms with E-state index in [1.165, 1.54) is 24.2 Å². The van der Waals surface area contributed by atoms with Crippen LogP contribution < -0.4 is 5.73 Å². The van der Waals surface area contributed by atoms with Crippen molar-refractivity contribution in [2.24, 2.45) is 7.05 Å². The first-order valence-electron chi connectivity index (χ1n) is 9.93. The molecule has 5 rings (SSSR count). The first-order valence-corrected chi connectivity index (χ1v) is 9.93. The van der Waals surface area contributed by atoms with E-state index < -0.39 is 0 Å². The molecule has 1 saturated carbocycles. The highest BCUT2D eigenvalue weighted by Gasteiger charge is 2.28. The van der Waals surface area contributed by atoms with Crippen LogP contribution >= 0.6 is 0 Å². The molecule has 4 aromatic rings.